The van der Waals surface area contributed by atoms with Gasteiger partial charge in [-0.25, -0.2) is 0 Å². The highest BCUT2D eigenvalue weighted by Gasteiger charge is 2.12. The van der Waals surface area contributed by atoms with E-state index >= 15 is 0 Å². The molecule has 0 saturated carbocycles. The van der Waals surface area contributed by atoms with Crippen molar-refractivity contribution >= 4 is 26.2 Å². The van der Waals surface area contributed by atoms with Crippen LogP contribution in [0.4, 0.5) is 0 Å². The SMILES string of the molecule is CS(=O)(=O)OC(=O)Cc1ccc(OS(C)(=O)=O)cc1. The van der Waals surface area contributed by atoms with Crippen molar-refractivity contribution in [3.63, 3.8) is 0 Å². The zero-order chi connectivity index (χ0) is 14.7. The highest BCUT2D eigenvalue weighted by Crippen LogP contribution is 2.14. The van der Waals surface area contributed by atoms with Gasteiger partial charge in [0.05, 0.1) is 18.9 Å². The zero-order valence-corrected chi connectivity index (χ0v) is 11.8. The van der Waals surface area contributed by atoms with E-state index in [9.17, 15) is 21.6 Å². The minimum Gasteiger partial charge on any atom is -0.383 e. The molecule has 1 aromatic rings. The smallest absolute Gasteiger partial charge is 0.326 e. The predicted molar refractivity (Wildman–Crippen MR) is 66.6 cm³/mol. The van der Waals surface area contributed by atoms with Crippen molar-refractivity contribution in [2.24, 2.45) is 0 Å². The summed E-state index contributed by atoms with van der Waals surface area (Å²) in [6.07, 6.45) is 1.44. The van der Waals surface area contributed by atoms with Crippen LogP contribution in [0.3, 0.4) is 0 Å². The molecule has 0 bridgehead atoms. The summed E-state index contributed by atoms with van der Waals surface area (Å²) >= 11 is 0. The van der Waals surface area contributed by atoms with Crippen LogP contribution >= 0.6 is 0 Å². The van der Waals surface area contributed by atoms with E-state index in [1.807, 2.05) is 0 Å². The van der Waals surface area contributed by atoms with E-state index in [0.717, 1.165) is 12.5 Å². The maximum atomic E-state index is 11.2. The van der Waals surface area contributed by atoms with Crippen LogP contribution < -0.4 is 4.18 Å². The Morgan fingerprint density at radius 1 is 1.00 bits per heavy atom. The van der Waals surface area contributed by atoms with Gasteiger partial charge in [-0.1, -0.05) is 12.1 Å². The molecule has 106 valence electrons. The fourth-order valence-corrected chi connectivity index (χ4v) is 2.06. The van der Waals surface area contributed by atoms with E-state index in [-0.39, 0.29) is 12.2 Å². The molecule has 0 aliphatic heterocycles. The molecule has 19 heavy (non-hydrogen) atoms. The van der Waals surface area contributed by atoms with E-state index in [4.69, 9.17) is 0 Å². The van der Waals surface area contributed by atoms with Gasteiger partial charge in [-0.3, -0.25) is 4.79 Å². The first kappa shape index (κ1) is 15.4. The van der Waals surface area contributed by atoms with Crippen molar-refractivity contribution in [1.29, 1.82) is 0 Å². The first-order chi connectivity index (χ1) is 8.55. The molecule has 0 amide bonds. The Hall–Kier alpha value is -1.61. The van der Waals surface area contributed by atoms with Crippen molar-refractivity contribution in [2.45, 2.75) is 6.42 Å². The quantitative estimate of drug-likeness (QED) is 0.709. The van der Waals surface area contributed by atoms with Gasteiger partial charge in [0.15, 0.2) is 0 Å². The van der Waals surface area contributed by atoms with Gasteiger partial charge in [0.1, 0.15) is 5.75 Å². The second-order valence-electron chi connectivity index (χ2n) is 3.77. The van der Waals surface area contributed by atoms with Crippen molar-refractivity contribution < 1.29 is 30.0 Å². The summed E-state index contributed by atoms with van der Waals surface area (Å²) in [6.45, 7) is 0. The van der Waals surface area contributed by atoms with Crippen LogP contribution in [0, 0.1) is 0 Å². The van der Waals surface area contributed by atoms with Crippen LogP contribution in [-0.2, 0) is 35.6 Å². The van der Waals surface area contributed by atoms with E-state index < -0.39 is 26.2 Å². The van der Waals surface area contributed by atoms with Gasteiger partial charge in [-0.05, 0) is 17.7 Å². The van der Waals surface area contributed by atoms with Gasteiger partial charge in [0.25, 0.3) is 0 Å². The van der Waals surface area contributed by atoms with Crippen LogP contribution in [0.15, 0.2) is 24.3 Å². The number of hydrogen-bond acceptors (Lipinski definition) is 7. The largest absolute Gasteiger partial charge is 0.383 e. The summed E-state index contributed by atoms with van der Waals surface area (Å²) in [6, 6.07) is 5.57. The predicted octanol–water partition coefficient (Wildman–Crippen LogP) is 0.0703. The molecule has 0 atom stereocenters. The summed E-state index contributed by atoms with van der Waals surface area (Å²) < 4.78 is 51.9. The summed E-state index contributed by atoms with van der Waals surface area (Å²) in [5.74, 6) is -0.818. The third kappa shape index (κ3) is 6.77. The second-order valence-corrected chi connectivity index (χ2v) is 6.92. The third-order valence-corrected chi connectivity index (χ3v) is 2.75. The lowest BCUT2D eigenvalue weighted by molar-refractivity contribution is -0.133. The monoisotopic (exact) mass is 308 g/mol. The van der Waals surface area contributed by atoms with Crippen LogP contribution in [0.25, 0.3) is 0 Å². The van der Waals surface area contributed by atoms with Crippen molar-refractivity contribution in [2.75, 3.05) is 12.5 Å². The van der Waals surface area contributed by atoms with Crippen LogP contribution in [0.2, 0.25) is 0 Å². The number of carbonyl (C=O) groups excluding carboxylic acids is 1. The summed E-state index contributed by atoms with van der Waals surface area (Å²) in [4.78, 5) is 11.2. The van der Waals surface area contributed by atoms with Crippen LogP contribution in [-0.4, -0.2) is 35.3 Å². The van der Waals surface area contributed by atoms with E-state index in [2.05, 4.69) is 8.37 Å². The Balaban J connectivity index is 2.70. The maximum Gasteiger partial charge on any atom is 0.326 e. The first-order valence-electron chi connectivity index (χ1n) is 4.96. The normalized spacial score (nSPS) is 11.9. The summed E-state index contributed by atoms with van der Waals surface area (Å²) in [5, 5.41) is 0. The first-order valence-corrected chi connectivity index (χ1v) is 8.59. The van der Waals surface area contributed by atoms with E-state index in [1.54, 1.807) is 0 Å². The fraction of sp³-hybridized carbons (Fsp3) is 0.300. The summed E-state index contributed by atoms with van der Waals surface area (Å²) in [7, 11) is -7.44. The van der Waals surface area contributed by atoms with Crippen LogP contribution in [0.5, 0.6) is 5.75 Å². The maximum absolute atomic E-state index is 11.2. The molecule has 0 unspecified atom stereocenters. The highest BCUT2D eigenvalue weighted by atomic mass is 32.2. The highest BCUT2D eigenvalue weighted by molar-refractivity contribution is 7.86. The van der Waals surface area contributed by atoms with Gasteiger partial charge in [-0.15, -0.1) is 0 Å². The molecule has 0 fully saturated rings. The second kappa shape index (κ2) is 5.57. The lowest BCUT2D eigenvalue weighted by Gasteiger charge is -2.04. The number of carbonyl (C=O) groups is 1. The molecule has 0 aliphatic rings. The van der Waals surface area contributed by atoms with Crippen molar-refractivity contribution in [3.05, 3.63) is 29.8 Å². The molecule has 9 heteroatoms. The number of hydrogen-bond donors (Lipinski definition) is 0. The minimum absolute atomic E-state index is 0.0998. The molecule has 0 aliphatic carbocycles. The molecule has 7 nitrogen and oxygen atoms in total. The molecular weight excluding hydrogens is 296 g/mol. The average Bonchev–Trinajstić information content (AvgIpc) is 2.15. The Morgan fingerprint density at radius 3 is 1.95 bits per heavy atom. The molecule has 0 heterocycles. The lowest BCUT2D eigenvalue weighted by atomic mass is 10.1. The molecule has 0 radical (unpaired) electrons. The lowest BCUT2D eigenvalue weighted by Crippen LogP contribution is -2.13. The third-order valence-electron chi connectivity index (χ3n) is 1.76. The van der Waals surface area contributed by atoms with E-state index in [1.165, 1.54) is 24.3 Å². The van der Waals surface area contributed by atoms with E-state index in [0.29, 0.717) is 5.56 Å². The Bertz CT molecular complexity index is 656. The molecule has 0 N–H and O–H groups in total. The molecule has 0 spiro atoms. The number of benzene rings is 1. The molecular formula is C10H12O7S2. The molecule has 0 saturated heterocycles. The summed E-state index contributed by atoms with van der Waals surface area (Å²) in [5.41, 5.74) is 0.467. The van der Waals surface area contributed by atoms with Crippen molar-refractivity contribution in [1.82, 2.24) is 0 Å². The Morgan fingerprint density at radius 2 is 1.53 bits per heavy atom. The Kier molecular flexibility index (Phi) is 4.53. The zero-order valence-electron chi connectivity index (χ0n) is 10.2. The standard InChI is InChI=1S/C10H12O7S2/c1-18(12,13)16-9-5-3-8(4-6-9)7-10(11)17-19(2,14)15/h3-6H,7H2,1-2H3. The minimum atomic E-state index is -3.83. The van der Waals surface area contributed by atoms with Crippen molar-refractivity contribution in [3.8, 4) is 5.75 Å². The van der Waals surface area contributed by atoms with Gasteiger partial charge >= 0.3 is 26.2 Å². The average molecular weight is 308 g/mol. The Labute approximate surface area is 111 Å². The molecule has 1 rings (SSSR count). The topological polar surface area (TPSA) is 104 Å². The van der Waals surface area contributed by atoms with Crippen LogP contribution in [0.1, 0.15) is 5.56 Å². The number of rotatable bonds is 5. The molecule has 1 aromatic carbocycles. The van der Waals surface area contributed by atoms with Gasteiger partial charge in [0, 0.05) is 0 Å². The van der Waals surface area contributed by atoms with Gasteiger partial charge < -0.3 is 8.37 Å². The molecule has 0 aromatic heterocycles. The van der Waals surface area contributed by atoms with Gasteiger partial charge in [-0.2, -0.15) is 16.8 Å². The van der Waals surface area contributed by atoms with Gasteiger partial charge in [0.2, 0.25) is 0 Å². The fourth-order valence-electron chi connectivity index (χ4n) is 1.20.